The van der Waals surface area contributed by atoms with Gasteiger partial charge in [-0.2, -0.15) is 0 Å². The summed E-state index contributed by atoms with van der Waals surface area (Å²) in [7, 11) is -2.90. The molecule has 1 atom stereocenters. The maximum atomic E-state index is 11.7. The molecule has 5 heteroatoms. The SMILES string of the molecule is Cc1ccc(C(=O)OCC2CCS(=O)(=O)C2)cc1. The van der Waals surface area contributed by atoms with Gasteiger partial charge in [0.25, 0.3) is 0 Å². The van der Waals surface area contributed by atoms with Crippen LogP contribution in [-0.2, 0) is 14.6 Å². The smallest absolute Gasteiger partial charge is 0.338 e. The van der Waals surface area contributed by atoms with E-state index >= 15 is 0 Å². The summed E-state index contributed by atoms with van der Waals surface area (Å²) in [5, 5.41) is 0. The van der Waals surface area contributed by atoms with Crippen molar-refractivity contribution in [3.05, 3.63) is 35.4 Å². The van der Waals surface area contributed by atoms with Crippen molar-refractivity contribution < 1.29 is 17.9 Å². The van der Waals surface area contributed by atoms with Gasteiger partial charge in [0.2, 0.25) is 0 Å². The van der Waals surface area contributed by atoms with Gasteiger partial charge in [-0.3, -0.25) is 0 Å². The number of benzene rings is 1. The van der Waals surface area contributed by atoms with E-state index in [-0.39, 0.29) is 30.0 Å². The zero-order valence-corrected chi connectivity index (χ0v) is 11.1. The Morgan fingerprint density at radius 1 is 1.33 bits per heavy atom. The van der Waals surface area contributed by atoms with Crippen molar-refractivity contribution in [3.8, 4) is 0 Å². The van der Waals surface area contributed by atoms with E-state index in [1.807, 2.05) is 19.1 Å². The van der Waals surface area contributed by atoms with Gasteiger partial charge in [0.05, 0.1) is 23.7 Å². The molecule has 1 aliphatic heterocycles. The molecule has 98 valence electrons. The fourth-order valence-electron chi connectivity index (χ4n) is 1.97. The molecule has 1 fully saturated rings. The summed E-state index contributed by atoms with van der Waals surface area (Å²) in [6.45, 7) is 2.13. The fourth-order valence-corrected chi connectivity index (χ4v) is 3.81. The Bertz CT molecular complexity index is 531. The number of sulfone groups is 1. The van der Waals surface area contributed by atoms with Crippen LogP contribution in [0.5, 0.6) is 0 Å². The summed E-state index contributed by atoms with van der Waals surface area (Å²) >= 11 is 0. The quantitative estimate of drug-likeness (QED) is 0.781. The maximum absolute atomic E-state index is 11.7. The lowest BCUT2D eigenvalue weighted by atomic mass is 10.1. The van der Waals surface area contributed by atoms with Crippen molar-refractivity contribution in [1.29, 1.82) is 0 Å². The van der Waals surface area contributed by atoms with Crippen LogP contribution in [0.2, 0.25) is 0 Å². The van der Waals surface area contributed by atoms with Crippen LogP contribution in [0.15, 0.2) is 24.3 Å². The average Bonchev–Trinajstić information content (AvgIpc) is 2.67. The first-order chi connectivity index (χ1) is 8.46. The van der Waals surface area contributed by atoms with E-state index in [1.165, 1.54) is 0 Å². The first-order valence-electron chi connectivity index (χ1n) is 5.90. The number of carbonyl (C=O) groups is 1. The highest BCUT2D eigenvalue weighted by molar-refractivity contribution is 7.91. The van der Waals surface area contributed by atoms with Crippen molar-refractivity contribution >= 4 is 15.8 Å². The minimum absolute atomic E-state index is 0.0515. The molecular weight excluding hydrogens is 252 g/mol. The third-order valence-electron chi connectivity index (χ3n) is 3.06. The zero-order valence-electron chi connectivity index (χ0n) is 10.3. The highest BCUT2D eigenvalue weighted by Gasteiger charge is 2.28. The van der Waals surface area contributed by atoms with Crippen molar-refractivity contribution in [3.63, 3.8) is 0 Å². The van der Waals surface area contributed by atoms with E-state index in [2.05, 4.69) is 0 Å². The second kappa shape index (κ2) is 5.10. The molecule has 18 heavy (non-hydrogen) atoms. The summed E-state index contributed by atoms with van der Waals surface area (Å²) in [6.07, 6.45) is 0.587. The number of ether oxygens (including phenoxy) is 1. The zero-order chi connectivity index (χ0) is 13.2. The molecule has 0 N–H and O–H groups in total. The van der Waals surface area contributed by atoms with Crippen molar-refractivity contribution in [2.75, 3.05) is 18.1 Å². The maximum Gasteiger partial charge on any atom is 0.338 e. The molecule has 1 aliphatic rings. The molecule has 0 radical (unpaired) electrons. The van der Waals surface area contributed by atoms with Crippen LogP contribution in [0.3, 0.4) is 0 Å². The largest absolute Gasteiger partial charge is 0.462 e. The highest BCUT2D eigenvalue weighted by atomic mass is 32.2. The van der Waals surface area contributed by atoms with Crippen LogP contribution in [0.4, 0.5) is 0 Å². The van der Waals surface area contributed by atoms with E-state index in [0.29, 0.717) is 12.0 Å². The summed E-state index contributed by atoms with van der Waals surface area (Å²) in [5.41, 5.74) is 1.58. The summed E-state index contributed by atoms with van der Waals surface area (Å²) in [4.78, 5) is 11.7. The van der Waals surface area contributed by atoms with Gasteiger partial charge in [0.15, 0.2) is 9.84 Å². The highest BCUT2D eigenvalue weighted by Crippen LogP contribution is 2.19. The van der Waals surface area contributed by atoms with Gasteiger partial charge in [-0.15, -0.1) is 0 Å². The van der Waals surface area contributed by atoms with Gasteiger partial charge >= 0.3 is 5.97 Å². The second-order valence-corrected chi connectivity index (χ2v) is 6.96. The van der Waals surface area contributed by atoms with Crippen LogP contribution in [0.25, 0.3) is 0 Å². The number of aryl methyl sites for hydroxylation is 1. The Morgan fingerprint density at radius 2 is 2.00 bits per heavy atom. The lowest BCUT2D eigenvalue weighted by molar-refractivity contribution is 0.0453. The number of hydrogen-bond donors (Lipinski definition) is 0. The minimum atomic E-state index is -2.90. The predicted molar refractivity (Wildman–Crippen MR) is 68.2 cm³/mol. The first-order valence-corrected chi connectivity index (χ1v) is 7.73. The molecule has 1 heterocycles. The van der Waals surface area contributed by atoms with Gasteiger partial charge in [0, 0.05) is 5.92 Å². The molecule has 0 amide bonds. The monoisotopic (exact) mass is 268 g/mol. The Hall–Kier alpha value is -1.36. The number of rotatable bonds is 3. The normalized spacial score (nSPS) is 21.7. The van der Waals surface area contributed by atoms with Crippen LogP contribution < -0.4 is 0 Å². The van der Waals surface area contributed by atoms with Crippen molar-refractivity contribution in [2.45, 2.75) is 13.3 Å². The van der Waals surface area contributed by atoms with Gasteiger partial charge in [0.1, 0.15) is 0 Å². The Morgan fingerprint density at radius 3 is 2.56 bits per heavy atom. The Balaban J connectivity index is 1.87. The van der Waals surface area contributed by atoms with E-state index in [1.54, 1.807) is 12.1 Å². The van der Waals surface area contributed by atoms with Crippen LogP contribution in [0.1, 0.15) is 22.3 Å². The molecule has 4 nitrogen and oxygen atoms in total. The molecule has 0 saturated carbocycles. The molecule has 1 unspecified atom stereocenters. The van der Waals surface area contributed by atoms with E-state index < -0.39 is 9.84 Å². The van der Waals surface area contributed by atoms with Gasteiger partial charge in [-0.05, 0) is 25.5 Å². The van der Waals surface area contributed by atoms with E-state index in [4.69, 9.17) is 4.74 Å². The minimum Gasteiger partial charge on any atom is -0.462 e. The van der Waals surface area contributed by atoms with Gasteiger partial charge in [-0.25, -0.2) is 13.2 Å². The third kappa shape index (κ3) is 3.32. The standard InChI is InChI=1S/C13H16O4S/c1-10-2-4-12(5-3-10)13(14)17-8-11-6-7-18(15,16)9-11/h2-5,11H,6-9H2,1H3. The van der Waals surface area contributed by atoms with E-state index in [9.17, 15) is 13.2 Å². The predicted octanol–water partition coefficient (Wildman–Crippen LogP) is 1.59. The van der Waals surface area contributed by atoms with Gasteiger partial charge in [-0.1, -0.05) is 17.7 Å². The molecule has 0 bridgehead atoms. The molecule has 2 rings (SSSR count). The third-order valence-corrected chi connectivity index (χ3v) is 4.90. The molecule has 1 saturated heterocycles. The molecular formula is C13H16O4S. The Kier molecular flexibility index (Phi) is 3.71. The Labute approximate surface area is 107 Å². The lowest BCUT2D eigenvalue weighted by Gasteiger charge is -2.09. The molecule has 0 aliphatic carbocycles. The topological polar surface area (TPSA) is 60.4 Å². The molecule has 1 aromatic carbocycles. The summed E-state index contributed by atoms with van der Waals surface area (Å²) in [6, 6.07) is 7.11. The van der Waals surface area contributed by atoms with Crippen molar-refractivity contribution in [1.82, 2.24) is 0 Å². The molecule has 0 aromatic heterocycles. The number of esters is 1. The molecule has 1 aromatic rings. The van der Waals surface area contributed by atoms with Gasteiger partial charge < -0.3 is 4.74 Å². The first kappa shape index (κ1) is 13.1. The van der Waals surface area contributed by atoms with Crippen LogP contribution >= 0.6 is 0 Å². The van der Waals surface area contributed by atoms with Crippen molar-refractivity contribution in [2.24, 2.45) is 5.92 Å². The van der Waals surface area contributed by atoms with Crippen LogP contribution in [-0.4, -0.2) is 32.5 Å². The number of hydrogen-bond acceptors (Lipinski definition) is 4. The fraction of sp³-hybridized carbons (Fsp3) is 0.462. The summed E-state index contributed by atoms with van der Waals surface area (Å²) in [5.74, 6) is -0.0998. The summed E-state index contributed by atoms with van der Waals surface area (Å²) < 4.78 is 27.6. The molecule has 0 spiro atoms. The second-order valence-electron chi connectivity index (χ2n) is 4.73. The van der Waals surface area contributed by atoms with Crippen LogP contribution in [0, 0.1) is 12.8 Å². The van der Waals surface area contributed by atoms with E-state index in [0.717, 1.165) is 5.56 Å². The number of carbonyl (C=O) groups excluding carboxylic acids is 1. The average molecular weight is 268 g/mol. The lowest BCUT2D eigenvalue weighted by Crippen LogP contribution is -2.15.